The topological polar surface area (TPSA) is 46.2 Å². The van der Waals surface area contributed by atoms with E-state index >= 15 is 0 Å². The van der Waals surface area contributed by atoms with Crippen molar-refractivity contribution in [2.24, 2.45) is 0 Å². The Bertz CT molecular complexity index is 924. The summed E-state index contributed by atoms with van der Waals surface area (Å²) in [4.78, 5) is 23.3. The van der Waals surface area contributed by atoms with Crippen LogP contribution >= 0.6 is 0 Å². The van der Waals surface area contributed by atoms with Gasteiger partial charge in [0.25, 0.3) is 0 Å². The highest BCUT2D eigenvalue weighted by Crippen LogP contribution is 2.17. The molecule has 0 unspecified atom stereocenters. The highest BCUT2D eigenvalue weighted by atomic mass is 16.1. The number of ketones is 1. The molecule has 3 nitrogen and oxygen atoms in total. The monoisotopic (exact) mass is 315 g/mol. The highest BCUT2D eigenvalue weighted by molar-refractivity contribution is 6.08. The van der Waals surface area contributed by atoms with E-state index in [0.717, 1.165) is 22.0 Å². The van der Waals surface area contributed by atoms with E-state index in [1.165, 1.54) is 6.92 Å². The predicted octanol–water partition coefficient (Wildman–Crippen LogP) is 4.69. The Morgan fingerprint density at radius 3 is 2.29 bits per heavy atom. The molecule has 3 aromatic carbocycles. The number of benzene rings is 3. The molecule has 0 aliphatic rings. The second-order valence-corrected chi connectivity index (χ2v) is 5.56. The van der Waals surface area contributed by atoms with Crippen LogP contribution < -0.4 is 5.32 Å². The summed E-state index contributed by atoms with van der Waals surface area (Å²) in [7, 11) is 0. The second-order valence-electron chi connectivity index (χ2n) is 5.56. The molecular formula is C21H17NO2. The maximum atomic E-state index is 12.3. The molecular weight excluding hydrogens is 298 g/mol. The minimum absolute atomic E-state index is 0.0355. The maximum Gasteiger partial charge on any atom is 0.221 e. The SMILES string of the molecule is CC(=O)Nc1ccc(/C=C/C(=O)c2ccc3ccccc3c2)cc1. The first-order chi connectivity index (χ1) is 11.6. The zero-order valence-electron chi connectivity index (χ0n) is 13.3. The molecule has 1 amide bonds. The Morgan fingerprint density at radius 1 is 0.875 bits per heavy atom. The third-order valence-corrected chi connectivity index (χ3v) is 3.69. The number of carbonyl (C=O) groups excluding carboxylic acids is 2. The fourth-order valence-electron chi connectivity index (χ4n) is 2.49. The van der Waals surface area contributed by atoms with Crippen LogP contribution in [0.5, 0.6) is 0 Å². The van der Waals surface area contributed by atoms with Crippen LogP contribution in [0.1, 0.15) is 22.8 Å². The molecule has 0 heterocycles. The van der Waals surface area contributed by atoms with Crippen LogP contribution in [0.15, 0.2) is 72.8 Å². The van der Waals surface area contributed by atoms with E-state index in [0.29, 0.717) is 5.56 Å². The molecule has 1 N–H and O–H groups in total. The van der Waals surface area contributed by atoms with Gasteiger partial charge in [0.15, 0.2) is 5.78 Å². The molecule has 0 fully saturated rings. The number of rotatable bonds is 4. The summed E-state index contributed by atoms with van der Waals surface area (Å²) in [6.07, 6.45) is 3.34. The van der Waals surface area contributed by atoms with E-state index in [9.17, 15) is 9.59 Å². The number of allylic oxidation sites excluding steroid dienone is 1. The van der Waals surface area contributed by atoms with Gasteiger partial charge in [-0.25, -0.2) is 0 Å². The number of amides is 1. The predicted molar refractivity (Wildman–Crippen MR) is 98.1 cm³/mol. The van der Waals surface area contributed by atoms with E-state index in [-0.39, 0.29) is 11.7 Å². The van der Waals surface area contributed by atoms with Crippen molar-refractivity contribution in [3.63, 3.8) is 0 Å². The lowest BCUT2D eigenvalue weighted by Crippen LogP contribution is -2.05. The third kappa shape index (κ3) is 3.76. The molecule has 3 aromatic rings. The van der Waals surface area contributed by atoms with Gasteiger partial charge in [-0.1, -0.05) is 54.6 Å². The number of hydrogen-bond donors (Lipinski definition) is 1. The van der Waals surface area contributed by atoms with Crippen LogP contribution in [0.4, 0.5) is 5.69 Å². The van der Waals surface area contributed by atoms with Crippen molar-refractivity contribution in [3.05, 3.63) is 83.9 Å². The molecule has 0 aromatic heterocycles. The van der Waals surface area contributed by atoms with Crippen LogP contribution in [-0.4, -0.2) is 11.7 Å². The van der Waals surface area contributed by atoms with Gasteiger partial charge >= 0.3 is 0 Å². The number of nitrogens with one attached hydrogen (secondary N) is 1. The standard InChI is InChI=1S/C21H17NO2/c1-15(23)22-20-11-6-16(7-12-20)8-13-21(24)19-10-9-17-4-2-3-5-18(17)14-19/h2-14H,1H3,(H,22,23)/b13-8+. The van der Waals surface area contributed by atoms with Crippen LogP contribution in [-0.2, 0) is 4.79 Å². The molecule has 0 radical (unpaired) electrons. The van der Waals surface area contributed by atoms with Gasteiger partial charge in [0.1, 0.15) is 0 Å². The molecule has 3 heteroatoms. The molecule has 118 valence electrons. The molecule has 0 saturated heterocycles. The molecule has 0 atom stereocenters. The van der Waals surface area contributed by atoms with Gasteiger partial charge in [0, 0.05) is 18.2 Å². The summed E-state index contributed by atoms with van der Waals surface area (Å²) in [5, 5.41) is 4.88. The number of fused-ring (bicyclic) bond motifs is 1. The third-order valence-electron chi connectivity index (χ3n) is 3.69. The van der Waals surface area contributed by atoms with Crippen molar-refractivity contribution in [2.75, 3.05) is 5.32 Å². The summed E-state index contributed by atoms with van der Waals surface area (Å²) >= 11 is 0. The Morgan fingerprint density at radius 2 is 1.58 bits per heavy atom. The number of anilines is 1. The van der Waals surface area contributed by atoms with Crippen LogP contribution in [0.2, 0.25) is 0 Å². The van der Waals surface area contributed by atoms with Crippen LogP contribution in [0.25, 0.3) is 16.8 Å². The Labute approximate surface area is 140 Å². The van der Waals surface area contributed by atoms with Gasteiger partial charge in [-0.2, -0.15) is 0 Å². The van der Waals surface area contributed by atoms with Gasteiger partial charge in [0.2, 0.25) is 5.91 Å². The fraction of sp³-hybridized carbons (Fsp3) is 0.0476. The molecule has 0 aliphatic heterocycles. The van der Waals surface area contributed by atoms with Crippen molar-refractivity contribution in [1.82, 2.24) is 0 Å². The second kappa shape index (κ2) is 6.92. The van der Waals surface area contributed by atoms with Gasteiger partial charge in [0.05, 0.1) is 0 Å². The Balaban J connectivity index is 1.75. The lowest BCUT2D eigenvalue weighted by Gasteiger charge is -2.02. The quantitative estimate of drug-likeness (QED) is 0.560. The Kier molecular flexibility index (Phi) is 4.52. The summed E-state index contributed by atoms with van der Waals surface area (Å²) in [6, 6.07) is 21.0. The Hall–Kier alpha value is -3.20. The van der Waals surface area contributed by atoms with E-state index in [1.807, 2.05) is 66.7 Å². The van der Waals surface area contributed by atoms with Crippen molar-refractivity contribution in [1.29, 1.82) is 0 Å². The fourth-order valence-corrected chi connectivity index (χ4v) is 2.49. The van der Waals surface area contributed by atoms with E-state index in [2.05, 4.69) is 5.32 Å². The first-order valence-electron chi connectivity index (χ1n) is 7.71. The normalized spacial score (nSPS) is 10.9. The average Bonchev–Trinajstić information content (AvgIpc) is 2.60. The lowest BCUT2D eigenvalue weighted by molar-refractivity contribution is -0.114. The maximum absolute atomic E-state index is 12.3. The zero-order valence-corrected chi connectivity index (χ0v) is 13.3. The van der Waals surface area contributed by atoms with Gasteiger partial charge in [-0.05, 0) is 40.6 Å². The van der Waals surface area contributed by atoms with E-state index < -0.39 is 0 Å². The molecule has 3 rings (SSSR count). The average molecular weight is 315 g/mol. The highest BCUT2D eigenvalue weighted by Gasteiger charge is 2.03. The van der Waals surface area contributed by atoms with E-state index in [1.54, 1.807) is 12.2 Å². The summed E-state index contributed by atoms with van der Waals surface area (Å²) in [5.41, 5.74) is 2.30. The van der Waals surface area contributed by atoms with Gasteiger partial charge in [-0.3, -0.25) is 9.59 Å². The van der Waals surface area contributed by atoms with E-state index in [4.69, 9.17) is 0 Å². The molecule has 0 saturated carbocycles. The van der Waals surface area contributed by atoms with Crippen LogP contribution in [0, 0.1) is 0 Å². The van der Waals surface area contributed by atoms with Gasteiger partial charge in [-0.15, -0.1) is 0 Å². The van der Waals surface area contributed by atoms with Crippen LogP contribution in [0.3, 0.4) is 0 Å². The van der Waals surface area contributed by atoms with Crippen molar-refractivity contribution in [3.8, 4) is 0 Å². The molecule has 0 aliphatic carbocycles. The minimum Gasteiger partial charge on any atom is -0.326 e. The molecule has 0 spiro atoms. The first kappa shape index (κ1) is 15.7. The largest absolute Gasteiger partial charge is 0.326 e. The van der Waals surface area contributed by atoms with Crippen molar-refractivity contribution < 1.29 is 9.59 Å². The first-order valence-corrected chi connectivity index (χ1v) is 7.71. The van der Waals surface area contributed by atoms with Crippen molar-refractivity contribution >= 4 is 34.2 Å². The minimum atomic E-state index is -0.107. The number of carbonyl (C=O) groups is 2. The molecule has 24 heavy (non-hydrogen) atoms. The zero-order chi connectivity index (χ0) is 16.9. The summed E-state index contributed by atoms with van der Waals surface area (Å²) < 4.78 is 0. The summed E-state index contributed by atoms with van der Waals surface area (Å²) in [6.45, 7) is 1.47. The van der Waals surface area contributed by atoms with Gasteiger partial charge < -0.3 is 5.32 Å². The van der Waals surface area contributed by atoms with Crippen molar-refractivity contribution in [2.45, 2.75) is 6.92 Å². The summed E-state index contributed by atoms with van der Waals surface area (Å²) in [5.74, 6) is -0.142. The smallest absolute Gasteiger partial charge is 0.221 e. The molecule has 0 bridgehead atoms. The number of hydrogen-bond acceptors (Lipinski definition) is 2. The lowest BCUT2D eigenvalue weighted by atomic mass is 10.0.